The Morgan fingerprint density at radius 1 is 1.03 bits per heavy atom. The zero-order valence-electron chi connectivity index (χ0n) is 19.4. The van der Waals surface area contributed by atoms with Gasteiger partial charge in [-0.2, -0.15) is 0 Å². The summed E-state index contributed by atoms with van der Waals surface area (Å²) in [4.78, 5) is 27.8. The Hall–Kier alpha value is -3.26. The Bertz CT molecular complexity index is 1090. The fourth-order valence-electron chi connectivity index (χ4n) is 3.48. The van der Waals surface area contributed by atoms with Crippen molar-refractivity contribution in [1.82, 2.24) is 15.1 Å². The van der Waals surface area contributed by atoms with Crippen molar-refractivity contribution < 1.29 is 18.7 Å². The van der Waals surface area contributed by atoms with Gasteiger partial charge in [0.15, 0.2) is 5.78 Å². The normalized spacial score (nSPS) is 12.3. The first-order valence-electron chi connectivity index (χ1n) is 10.4. The third-order valence-corrected chi connectivity index (χ3v) is 7.42. The highest BCUT2D eigenvalue weighted by Crippen LogP contribution is 2.26. The molecule has 0 aliphatic carbocycles. The number of benzene rings is 2. The van der Waals surface area contributed by atoms with Gasteiger partial charge in [-0.25, -0.2) is 0 Å². The van der Waals surface area contributed by atoms with E-state index in [2.05, 4.69) is 42.0 Å². The first kappa shape index (κ1) is 23.4. The van der Waals surface area contributed by atoms with E-state index >= 15 is 0 Å². The average molecular weight is 452 g/mol. The number of aromatic nitrogens is 2. The molecule has 0 saturated carbocycles. The van der Waals surface area contributed by atoms with E-state index in [9.17, 15) is 9.59 Å². The molecule has 168 valence electrons. The number of aryl methyl sites for hydroxylation is 1. The summed E-state index contributed by atoms with van der Waals surface area (Å²) in [6.07, 6.45) is 0.198. The molecule has 2 aromatic carbocycles. The number of likely N-dealkylation sites (N-methyl/N-ethyl adjacent to an activating group) is 1. The predicted molar refractivity (Wildman–Crippen MR) is 125 cm³/mol. The highest BCUT2D eigenvalue weighted by atomic mass is 28.3. The van der Waals surface area contributed by atoms with Crippen LogP contribution in [0.5, 0.6) is 5.75 Å². The third kappa shape index (κ3) is 5.31. The van der Waals surface area contributed by atoms with Crippen molar-refractivity contribution in [1.29, 1.82) is 0 Å². The van der Waals surface area contributed by atoms with Crippen LogP contribution in [-0.4, -0.2) is 49.0 Å². The Kier molecular flexibility index (Phi) is 6.93. The number of carbonyl (C=O) groups excluding carboxylic acids is 2. The molecule has 0 radical (unpaired) electrons. The molecule has 0 spiro atoms. The molecule has 0 bridgehead atoms. The number of hydrogen-bond donors (Lipinski definition) is 0. The smallest absolute Gasteiger partial charge is 0.312 e. The number of amides is 1. The van der Waals surface area contributed by atoms with Crippen molar-refractivity contribution in [3.05, 3.63) is 71.4 Å². The van der Waals surface area contributed by atoms with E-state index in [-0.39, 0.29) is 24.0 Å². The van der Waals surface area contributed by atoms with Gasteiger partial charge >= 0.3 is 11.8 Å². The number of hydrogen-bond acceptors (Lipinski definition) is 6. The van der Waals surface area contributed by atoms with Crippen molar-refractivity contribution in [2.75, 3.05) is 14.2 Å². The van der Waals surface area contributed by atoms with Crippen LogP contribution in [0.15, 0.2) is 52.9 Å². The van der Waals surface area contributed by atoms with Gasteiger partial charge in [-0.3, -0.25) is 9.59 Å². The van der Waals surface area contributed by atoms with Crippen LogP contribution in [0.1, 0.15) is 33.7 Å². The lowest BCUT2D eigenvalue weighted by molar-refractivity contribution is -0.122. The molecule has 1 unspecified atom stereocenters. The summed E-state index contributed by atoms with van der Waals surface area (Å²) in [6.45, 7) is 8.46. The maximum absolute atomic E-state index is 13.4. The van der Waals surface area contributed by atoms with Gasteiger partial charge < -0.3 is 14.1 Å². The fraction of sp³-hybridized carbons (Fsp3) is 0.333. The van der Waals surface area contributed by atoms with Crippen LogP contribution in [0.25, 0.3) is 0 Å². The van der Waals surface area contributed by atoms with Gasteiger partial charge in [-0.05, 0) is 23.3 Å². The molecular formula is C24H29N3O4Si. The topological polar surface area (TPSA) is 85.5 Å². The highest BCUT2D eigenvalue weighted by molar-refractivity contribution is 6.88. The second kappa shape index (κ2) is 9.48. The first-order chi connectivity index (χ1) is 15.1. The van der Waals surface area contributed by atoms with Gasteiger partial charge in [-0.1, -0.05) is 61.2 Å². The predicted octanol–water partition coefficient (Wildman–Crippen LogP) is 3.56. The van der Waals surface area contributed by atoms with E-state index in [0.29, 0.717) is 11.3 Å². The average Bonchev–Trinajstić information content (AvgIpc) is 3.19. The minimum absolute atomic E-state index is 0.108. The Morgan fingerprint density at radius 3 is 2.16 bits per heavy atom. The number of carbonyl (C=O) groups is 2. The van der Waals surface area contributed by atoms with Crippen molar-refractivity contribution in [3.8, 4) is 5.75 Å². The second-order valence-electron chi connectivity index (χ2n) is 8.81. The van der Waals surface area contributed by atoms with Crippen LogP contribution in [0, 0.1) is 6.92 Å². The fourth-order valence-corrected chi connectivity index (χ4v) is 4.65. The third-order valence-electron chi connectivity index (χ3n) is 5.35. The standard InChI is InChI=1S/C24H29N3O4Si/c1-16-25-26-23(31-16)24(29)27(2)22(18-9-11-19(30-3)12-10-18)21(28)15-17-7-13-20(14-8-17)32(4,5)6/h7-14,22H,15H2,1-6H3. The van der Waals surface area contributed by atoms with Crippen LogP contribution in [0.3, 0.4) is 0 Å². The van der Waals surface area contributed by atoms with Gasteiger partial charge in [0.2, 0.25) is 5.89 Å². The summed E-state index contributed by atoms with van der Waals surface area (Å²) in [5.41, 5.74) is 1.59. The second-order valence-corrected chi connectivity index (χ2v) is 13.9. The van der Waals surface area contributed by atoms with Crippen LogP contribution < -0.4 is 9.92 Å². The molecule has 7 nitrogen and oxygen atoms in total. The number of nitrogens with zero attached hydrogens (tertiary/aromatic N) is 3. The quantitative estimate of drug-likeness (QED) is 0.487. The number of ether oxygens (including phenoxy) is 1. The number of ketones is 1. The van der Waals surface area contributed by atoms with Gasteiger partial charge in [0.05, 0.1) is 15.2 Å². The Balaban J connectivity index is 1.90. The summed E-state index contributed by atoms with van der Waals surface area (Å²) in [7, 11) is 1.73. The lowest BCUT2D eigenvalue weighted by atomic mass is 9.96. The number of Topliss-reactive ketones (excluding diaryl/α,β-unsaturated/α-hetero) is 1. The van der Waals surface area contributed by atoms with Gasteiger partial charge in [-0.15, -0.1) is 10.2 Å². The van der Waals surface area contributed by atoms with E-state index in [1.165, 1.54) is 10.1 Å². The van der Waals surface area contributed by atoms with E-state index < -0.39 is 20.0 Å². The van der Waals surface area contributed by atoms with E-state index in [4.69, 9.17) is 9.15 Å². The molecule has 8 heteroatoms. The molecule has 3 aromatic rings. The minimum atomic E-state index is -1.42. The maximum Gasteiger partial charge on any atom is 0.312 e. The molecule has 1 aromatic heterocycles. The molecule has 1 amide bonds. The molecule has 0 aliphatic heterocycles. The largest absolute Gasteiger partial charge is 0.497 e. The summed E-state index contributed by atoms with van der Waals surface area (Å²) >= 11 is 0. The van der Waals surface area contributed by atoms with Crippen LogP contribution in [0.4, 0.5) is 0 Å². The summed E-state index contributed by atoms with van der Waals surface area (Å²) in [5, 5.41) is 8.87. The van der Waals surface area contributed by atoms with E-state index in [1.807, 2.05) is 12.1 Å². The molecule has 0 N–H and O–H groups in total. The van der Waals surface area contributed by atoms with Crippen molar-refractivity contribution in [2.45, 2.75) is 39.0 Å². The monoisotopic (exact) mass is 451 g/mol. The highest BCUT2D eigenvalue weighted by Gasteiger charge is 2.31. The molecule has 0 aliphatic rings. The minimum Gasteiger partial charge on any atom is -0.497 e. The maximum atomic E-state index is 13.4. The van der Waals surface area contributed by atoms with E-state index in [1.54, 1.807) is 45.3 Å². The lowest BCUT2D eigenvalue weighted by Gasteiger charge is -2.27. The SMILES string of the molecule is COc1ccc(C(C(=O)Cc2ccc([Si](C)(C)C)cc2)N(C)C(=O)c2nnc(C)o2)cc1. The van der Waals surface area contributed by atoms with Crippen LogP contribution in [-0.2, 0) is 11.2 Å². The first-order valence-corrected chi connectivity index (χ1v) is 13.9. The summed E-state index contributed by atoms with van der Waals surface area (Å²) < 4.78 is 10.5. The Morgan fingerprint density at radius 2 is 1.66 bits per heavy atom. The molecular weight excluding hydrogens is 422 g/mol. The number of methoxy groups -OCH3 is 1. The summed E-state index contributed by atoms with van der Waals surface area (Å²) in [6, 6.07) is 14.5. The van der Waals surface area contributed by atoms with E-state index in [0.717, 1.165) is 5.56 Å². The molecule has 0 saturated heterocycles. The van der Waals surface area contributed by atoms with Crippen molar-refractivity contribution >= 4 is 25.0 Å². The van der Waals surface area contributed by atoms with Crippen LogP contribution >= 0.6 is 0 Å². The summed E-state index contributed by atoms with van der Waals surface area (Å²) in [5.74, 6) is 0.201. The molecule has 3 rings (SSSR count). The molecule has 1 atom stereocenters. The zero-order valence-corrected chi connectivity index (χ0v) is 20.4. The zero-order chi connectivity index (χ0) is 23.5. The molecule has 1 heterocycles. The Labute approximate surface area is 189 Å². The van der Waals surface area contributed by atoms with Gasteiger partial charge in [0.25, 0.3) is 0 Å². The van der Waals surface area contributed by atoms with Gasteiger partial charge in [0, 0.05) is 20.4 Å². The molecule has 32 heavy (non-hydrogen) atoms. The van der Waals surface area contributed by atoms with Crippen molar-refractivity contribution in [3.63, 3.8) is 0 Å². The number of rotatable bonds is 8. The van der Waals surface area contributed by atoms with Crippen molar-refractivity contribution in [2.24, 2.45) is 0 Å². The molecule has 0 fully saturated rings. The van der Waals surface area contributed by atoms with Gasteiger partial charge in [0.1, 0.15) is 11.8 Å². The lowest BCUT2D eigenvalue weighted by Crippen LogP contribution is -2.38. The van der Waals surface area contributed by atoms with Crippen LogP contribution in [0.2, 0.25) is 19.6 Å².